The molecule has 88 valence electrons. The van der Waals surface area contributed by atoms with E-state index < -0.39 is 4.92 Å². The number of rotatable bonds is 4. The molecule has 0 bridgehead atoms. The summed E-state index contributed by atoms with van der Waals surface area (Å²) in [7, 11) is 0. The zero-order chi connectivity index (χ0) is 12.3. The van der Waals surface area contributed by atoms with Gasteiger partial charge in [-0.1, -0.05) is 0 Å². The molecular weight excluding hydrogens is 238 g/mol. The minimum atomic E-state index is -0.435. The van der Waals surface area contributed by atoms with E-state index in [-0.39, 0.29) is 11.7 Å². The van der Waals surface area contributed by atoms with Crippen LogP contribution in [0.15, 0.2) is 35.3 Å². The standard InChI is InChI=1S/C11H11N3O2S/c1-8(9-3-5-17-7-9)13-10-2-4-12-6-11(10)14(15)16/h2-8H,1H3,(H,12,13). The van der Waals surface area contributed by atoms with E-state index in [0.717, 1.165) is 5.56 Å². The molecule has 2 aromatic heterocycles. The summed E-state index contributed by atoms with van der Waals surface area (Å²) in [6.07, 6.45) is 2.79. The van der Waals surface area contributed by atoms with Gasteiger partial charge in [0.15, 0.2) is 0 Å². The first-order valence-electron chi connectivity index (χ1n) is 5.05. The quantitative estimate of drug-likeness (QED) is 0.667. The number of pyridine rings is 1. The molecule has 0 saturated heterocycles. The first-order chi connectivity index (χ1) is 8.18. The minimum absolute atomic E-state index is 0.00502. The topological polar surface area (TPSA) is 68.1 Å². The second-order valence-corrected chi connectivity index (χ2v) is 4.35. The van der Waals surface area contributed by atoms with Gasteiger partial charge in [0.05, 0.1) is 4.92 Å². The molecule has 0 aliphatic carbocycles. The number of thiophene rings is 1. The Hall–Kier alpha value is -1.95. The van der Waals surface area contributed by atoms with Crippen molar-refractivity contribution in [1.29, 1.82) is 0 Å². The number of nitrogens with zero attached hydrogens (tertiary/aromatic N) is 2. The van der Waals surface area contributed by atoms with Crippen molar-refractivity contribution in [2.24, 2.45) is 0 Å². The highest BCUT2D eigenvalue weighted by atomic mass is 32.1. The van der Waals surface area contributed by atoms with Gasteiger partial charge in [0.1, 0.15) is 11.9 Å². The van der Waals surface area contributed by atoms with Crippen molar-refractivity contribution in [2.45, 2.75) is 13.0 Å². The van der Waals surface area contributed by atoms with Crippen molar-refractivity contribution in [3.63, 3.8) is 0 Å². The van der Waals surface area contributed by atoms with E-state index in [9.17, 15) is 10.1 Å². The Labute approximate surface area is 102 Å². The lowest BCUT2D eigenvalue weighted by atomic mass is 10.2. The van der Waals surface area contributed by atoms with Crippen LogP contribution in [0.4, 0.5) is 11.4 Å². The van der Waals surface area contributed by atoms with Gasteiger partial charge in [-0.05, 0) is 35.4 Å². The lowest BCUT2D eigenvalue weighted by molar-refractivity contribution is -0.384. The van der Waals surface area contributed by atoms with Crippen LogP contribution in [0.5, 0.6) is 0 Å². The van der Waals surface area contributed by atoms with Crippen LogP contribution in [0.2, 0.25) is 0 Å². The lowest BCUT2D eigenvalue weighted by Crippen LogP contribution is -2.07. The van der Waals surface area contributed by atoms with Crippen LogP contribution < -0.4 is 5.32 Å². The van der Waals surface area contributed by atoms with Gasteiger partial charge in [-0.15, -0.1) is 0 Å². The average Bonchev–Trinajstić information content (AvgIpc) is 2.83. The SMILES string of the molecule is CC(Nc1ccncc1[N+](=O)[O-])c1ccsc1. The molecule has 17 heavy (non-hydrogen) atoms. The van der Waals surface area contributed by atoms with Crippen LogP contribution in [-0.4, -0.2) is 9.91 Å². The summed E-state index contributed by atoms with van der Waals surface area (Å²) in [4.78, 5) is 14.1. The van der Waals surface area contributed by atoms with E-state index in [0.29, 0.717) is 5.69 Å². The maximum absolute atomic E-state index is 10.8. The first kappa shape index (κ1) is 11.5. The van der Waals surface area contributed by atoms with Crippen molar-refractivity contribution in [3.05, 3.63) is 51.0 Å². The predicted octanol–water partition coefficient (Wildman–Crippen LogP) is 3.22. The molecule has 0 aliphatic heterocycles. The summed E-state index contributed by atoms with van der Waals surface area (Å²) in [5, 5.41) is 17.9. The van der Waals surface area contributed by atoms with Crippen LogP contribution in [0, 0.1) is 10.1 Å². The van der Waals surface area contributed by atoms with Gasteiger partial charge < -0.3 is 5.32 Å². The average molecular weight is 249 g/mol. The monoisotopic (exact) mass is 249 g/mol. The molecule has 0 saturated carbocycles. The van der Waals surface area contributed by atoms with Gasteiger partial charge in [0.25, 0.3) is 0 Å². The molecule has 6 heteroatoms. The van der Waals surface area contributed by atoms with Crippen LogP contribution >= 0.6 is 11.3 Å². The van der Waals surface area contributed by atoms with Crippen molar-refractivity contribution >= 4 is 22.7 Å². The maximum Gasteiger partial charge on any atom is 0.310 e. The third kappa shape index (κ3) is 2.59. The van der Waals surface area contributed by atoms with Crippen molar-refractivity contribution in [3.8, 4) is 0 Å². The molecule has 2 heterocycles. The van der Waals surface area contributed by atoms with Crippen LogP contribution in [0.3, 0.4) is 0 Å². The Kier molecular flexibility index (Phi) is 3.34. The fourth-order valence-corrected chi connectivity index (χ4v) is 2.25. The van der Waals surface area contributed by atoms with E-state index in [1.807, 2.05) is 23.8 Å². The number of hydrogen-bond acceptors (Lipinski definition) is 5. The van der Waals surface area contributed by atoms with Gasteiger partial charge in [0.2, 0.25) is 0 Å². The highest BCUT2D eigenvalue weighted by Crippen LogP contribution is 2.27. The summed E-state index contributed by atoms with van der Waals surface area (Å²) in [5.74, 6) is 0. The molecule has 0 fully saturated rings. The molecule has 1 unspecified atom stereocenters. The molecule has 5 nitrogen and oxygen atoms in total. The van der Waals surface area contributed by atoms with E-state index in [1.54, 1.807) is 17.4 Å². The number of nitro groups is 1. The number of aromatic nitrogens is 1. The Balaban J connectivity index is 2.21. The van der Waals surface area contributed by atoms with Gasteiger partial charge in [-0.2, -0.15) is 11.3 Å². The number of nitrogens with one attached hydrogen (secondary N) is 1. The van der Waals surface area contributed by atoms with E-state index in [4.69, 9.17) is 0 Å². The summed E-state index contributed by atoms with van der Waals surface area (Å²) in [6, 6.07) is 3.64. The smallest absolute Gasteiger partial charge is 0.310 e. The molecule has 1 atom stereocenters. The van der Waals surface area contributed by atoms with Crippen LogP contribution in [-0.2, 0) is 0 Å². The Morgan fingerprint density at radius 1 is 1.53 bits per heavy atom. The van der Waals surface area contributed by atoms with Crippen LogP contribution in [0.1, 0.15) is 18.5 Å². The Morgan fingerprint density at radius 3 is 3.00 bits per heavy atom. The van der Waals surface area contributed by atoms with Crippen molar-refractivity contribution < 1.29 is 4.92 Å². The second-order valence-electron chi connectivity index (χ2n) is 3.57. The molecule has 0 aliphatic rings. The molecule has 0 amide bonds. The number of anilines is 1. The summed E-state index contributed by atoms with van der Waals surface area (Å²) < 4.78 is 0. The third-order valence-electron chi connectivity index (χ3n) is 2.41. The fourth-order valence-electron chi connectivity index (χ4n) is 1.49. The Bertz CT molecular complexity index is 513. The minimum Gasteiger partial charge on any atom is -0.373 e. The Morgan fingerprint density at radius 2 is 2.35 bits per heavy atom. The second kappa shape index (κ2) is 4.92. The largest absolute Gasteiger partial charge is 0.373 e. The normalized spacial score (nSPS) is 12.1. The molecule has 0 spiro atoms. The highest BCUT2D eigenvalue weighted by Gasteiger charge is 2.15. The maximum atomic E-state index is 10.8. The zero-order valence-corrected chi connectivity index (χ0v) is 9.98. The van der Waals surface area contributed by atoms with E-state index in [2.05, 4.69) is 10.3 Å². The molecule has 2 aromatic rings. The van der Waals surface area contributed by atoms with Gasteiger partial charge in [-0.3, -0.25) is 15.1 Å². The molecule has 0 radical (unpaired) electrons. The van der Waals surface area contributed by atoms with Gasteiger partial charge in [0, 0.05) is 12.2 Å². The highest BCUT2D eigenvalue weighted by molar-refractivity contribution is 7.07. The fraction of sp³-hybridized carbons (Fsp3) is 0.182. The molecular formula is C11H11N3O2S. The predicted molar refractivity (Wildman–Crippen MR) is 67.2 cm³/mol. The van der Waals surface area contributed by atoms with Gasteiger partial charge >= 0.3 is 5.69 Å². The summed E-state index contributed by atoms with van der Waals surface area (Å²) in [6.45, 7) is 1.96. The van der Waals surface area contributed by atoms with E-state index >= 15 is 0 Å². The van der Waals surface area contributed by atoms with Gasteiger partial charge in [-0.25, -0.2) is 0 Å². The van der Waals surface area contributed by atoms with Crippen molar-refractivity contribution in [1.82, 2.24) is 4.98 Å². The molecule has 1 N–H and O–H groups in total. The zero-order valence-electron chi connectivity index (χ0n) is 9.16. The first-order valence-corrected chi connectivity index (χ1v) is 6.00. The number of hydrogen-bond donors (Lipinski definition) is 1. The van der Waals surface area contributed by atoms with Crippen molar-refractivity contribution in [2.75, 3.05) is 5.32 Å². The lowest BCUT2D eigenvalue weighted by Gasteiger charge is -2.13. The summed E-state index contributed by atoms with van der Waals surface area (Å²) in [5.41, 5.74) is 1.60. The molecule has 0 aromatic carbocycles. The van der Waals surface area contributed by atoms with Crippen LogP contribution in [0.25, 0.3) is 0 Å². The third-order valence-corrected chi connectivity index (χ3v) is 3.11. The molecule has 2 rings (SSSR count). The van der Waals surface area contributed by atoms with E-state index in [1.165, 1.54) is 12.4 Å². The summed E-state index contributed by atoms with van der Waals surface area (Å²) >= 11 is 1.60.